The van der Waals surface area contributed by atoms with Gasteiger partial charge in [0, 0.05) is 17.2 Å². The summed E-state index contributed by atoms with van der Waals surface area (Å²) < 4.78 is 25.0. The maximum Gasteiger partial charge on any atom is 0.205 e. The molecule has 8 heteroatoms. The maximum absolute atomic E-state index is 13.9. The third-order valence-corrected chi connectivity index (χ3v) is 5.45. The van der Waals surface area contributed by atoms with Gasteiger partial charge in [0.1, 0.15) is 35.6 Å². The molecule has 1 aliphatic heterocycles. The number of allylic oxidation sites excluding steroid dienone is 1. The molecular weight excluding hydrogens is 442 g/mol. The van der Waals surface area contributed by atoms with Crippen LogP contribution < -0.4 is 15.2 Å². The van der Waals surface area contributed by atoms with Crippen LogP contribution in [0.15, 0.2) is 66.1 Å². The molecule has 0 radical (unpaired) electrons. The van der Waals surface area contributed by atoms with Crippen molar-refractivity contribution in [2.24, 2.45) is 5.73 Å². The van der Waals surface area contributed by atoms with E-state index in [1.807, 2.05) is 0 Å². The highest BCUT2D eigenvalue weighted by molar-refractivity contribution is 6.37. The Bertz CT molecular complexity index is 1230. The summed E-state index contributed by atoms with van der Waals surface area (Å²) in [6, 6.07) is 16.1. The van der Waals surface area contributed by atoms with Gasteiger partial charge in [-0.2, -0.15) is 5.26 Å². The molecule has 3 aromatic rings. The zero-order valence-electron chi connectivity index (χ0n) is 15.9. The lowest BCUT2D eigenvalue weighted by atomic mass is 9.83. The molecule has 0 aliphatic carbocycles. The number of phenolic OH excluding ortho intramolecular Hbond substituents is 1. The van der Waals surface area contributed by atoms with Gasteiger partial charge in [0.05, 0.1) is 16.0 Å². The molecular formula is C23H15Cl2FN2O3. The second kappa shape index (κ2) is 8.38. The monoisotopic (exact) mass is 456 g/mol. The molecule has 5 nitrogen and oxygen atoms in total. The molecule has 0 saturated carbocycles. The number of hydrogen-bond donors (Lipinski definition) is 2. The number of ether oxygens (including phenoxy) is 2. The Hall–Kier alpha value is -3.40. The van der Waals surface area contributed by atoms with Crippen LogP contribution in [-0.2, 0) is 6.61 Å². The summed E-state index contributed by atoms with van der Waals surface area (Å²) in [6.07, 6.45) is 0. The predicted molar refractivity (Wildman–Crippen MR) is 115 cm³/mol. The quantitative estimate of drug-likeness (QED) is 0.530. The first kappa shape index (κ1) is 20.9. The van der Waals surface area contributed by atoms with Crippen molar-refractivity contribution in [3.63, 3.8) is 0 Å². The van der Waals surface area contributed by atoms with E-state index in [0.29, 0.717) is 22.4 Å². The van der Waals surface area contributed by atoms with Crippen LogP contribution in [0.3, 0.4) is 0 Å². The second-order valence-corrected chi connectivity index (χ2v) is 7.66. The van der Waals surface area contributed by atoms with Gasteiger partial charge >= 0.3 is 0 Å². The first-order chi connectivity index (χ1) is 14.9. The van der Waals surface area contributed by atoms with Crippen molar-refractivity contribution in [2.75, 3.05) is 0 Å². The lowest BCUT2D eigenvalue weighted by molar-refractivity contribution is 0.300. The van der Waals surface area contributed by atoms with Crippen molar-refractivity contribution in [3.05, 3.63) is 98.6 Å². The maximum atomic E-state index is 13.9. The highest BCUT2D eigenvalue weighted by Gasteiger charge is 2.32. The lowest BCUT2D eigenvalue weighted by Crippen LogP contribution is -2.21. The smallest absolute Gasteiger partial charge is 0.205 e. The minimum Gasteiger partial charge on any atom is -0.508 e. The van der Waals surface area contributed by atoms with E-state index in [1.165, 1.54) is 18.2 Å². The summed E-state index contributed by atoms with van der Waals surface area (Å²) in [7, 11) is 0. The summed E-state index contributed by atoms with van der Waals surface area (Å²) >= 11 is 12.9. The van der Waals surface area contributed by atoms with Crippen LogP contribution in [0.2, 0.25) is 10.0 Å². The van der Waals surface area contributed by atoms with Gasteiger partial charge in [-0.05, 0) is 29.8 Å². The van der Waals surface area contributed by atoms with E-state index in [9.17, 15) is 14.8 Å². The molecule has 1 atom stereocenters. The SMILES string of the molecule is N#CC1=C(N)Oc2cc(O)ccc2[C@@H]1c1cc(Cl)c(OCc2ccccc2F)c(Cl)c1. The number of nitriles is 1. The van der Waals surface area contributed by atoms with Gasteiger partial charge in [0.25, 0.3) is 0 Å². The zero-order valence-corrected chi connectivity index (χ0v) is 17.4. The number of hydrogen-bond acceptors (Lipinski definition) is 5. The fourth-order valence-electron chi connectivity index (χ4n) is 3.44. The Morgan fingerprint density at radius 2 is 1.84 bits per heavy atom. The first-order valence-electron chi connectivity index (χ1n) is 9.14. The fourth-order valence-corrected chi connectivity index (χ4v) is 4.05. The second-order valence-electron chi connectivity index (χ2n) is 6.84. The highest BCUT2D eigenvalue weighted by Crippen LogP contribution is 2.46. The molecule has 0 saturated heterocycles. The lowest BCUT2D eigenvalue weighted by Gasteiger charge is -2.27. The minimum absolute atomic E-state index is 0.00124. The number of nitrogens with two attached hydrogens (primary N) is 1. The summed E-state index contributed by atoms with van der Waals surface area (Å²) in [5.74, 6) is -0.550. The molecule has 3 aromatic carbocycles. The molecule has 3 N–H and O–H groups in total. The largest absolute Gasteiger partial charge is 0.508 e. The number of fused-ring (bicyclic) bond motifs is 1. The molecule has 31 heavy (non-hydrogen) atoms. The molecule has 0 unspecified atom stereocenters. The van der Waals surface area contributed by atoms with Gasteiger partial charge < -0.3 is 20.3 Å². The predicted octanol–water partition coefficient (Wildman–Crippen LogP) is 5.64. The van der Waals surface area contributed by atoms with Gasteiger partial charge in [-0.25, -0.2) is 4.39 Å². The van der Waals surface area contributed by atoms with E-state index < -0.39 is 11.7 Å². The Balaban J connectivity index is 1.72. The van der Waals surface area contributed by atoms with E-state index in [0.717, 1.165) is 0 Å². The fraction of sp³-hybridized carbons (Fsp3) is 0.0870. The van der Waals surface area contributed by atoms with Crippen molar-refractivity contribution >= 4 is 23.2 Å². The van der Waals surface area contributed by atoms with Crippen molar-refractivity contribution in [3.8, 4) is 23.3 Å². The van der Waals surface area contributed by atoms with Crippen LogP contribution >= 0.6 is 23.2 Å². The normalized spacial score (nSPS) is 15.1. The van der Waals surface area contributed by atoms with Crippen LogP contribution in [0, 0.1) is 17.1 Å². The highest BCUT2D eigenvalue weighted by atomic mass is 35.5. The Morgan fingerprint density at radius 3 is 2.52 bits per heavy atom. The van der Waals surface area contributed by atoms with Gasteiger partial charge in [0.2, 0.25) is 5.88 Å². The molecule has 156 valence electrons. The molecule has 4 rings (SSSR count). The van der Waals surface area contributed by atoms with Crippen molar-refractivity contribution in [1.29, 1.82) is 5.26 Å². The van der Waals surface area contributed by atoms with E-state index in [-0.39, 0.29) is 39.6 Å². The summed E-state index contributed by atoms with van der Waals surface area (Å²) in [5, 5.41) is 19.8. The number of phenols is 1. The minimum atomic E-state index is -0.607. The van der Waals surface area contributed by atoms with Gasteiger partial charge in [0.15, 0.2) is 5.75 Å². The first-order valence-corrected chi connectivity index (χ1v) is 9.90. The van der Waals surface area contributed by atoms with Crippen molar-refractivity contribution in [1.82, 2.24) is 0 Å². The topological polar surface area (TPSA) is 88.5 Å². The molecule has 0 fully saturated rings. The molecule has 0 bridgehead atoms. The number of halogens is 3. The van der Waals surface area contributed by atoms with Crippen LogP contribution in [-0.4, -0.2) is 5.11 Å². The van der Waals surface area contributed by atoms with E-state index >= 15 is 0 Å². The Labute approximate surface area is 187 Å². The van der Waals surface area contributed by atoms with Crippen LogP contribution in [0.5, 0.6) is 17.2 Å². The Kier molecular flexibility index (Phi) is 5.64. The van der Waals surface area contributed by atoms with Crippen LogP contribution in [0.25, 0.3) is 0 Å². The van der Waals surface area contributed by atoms with E-state index in [2.05, 4.69) is 6.07 Å². The summed E-state index contributed by atoms with van der Waals surface area (Å²) in [6.45, 7) is -0.0544. The van der Waals surface area contributed by atoms with Gasteiger partial charge in [-0.1, -0.05) is 47.5 Å². The molecule has 0 spiro atoms. The Morgan fingerprint density at radius 1 is 1.13 bits per heavy atom. The zero-order chi connectivity index (χ0) is 22.1. The van der Waals surface area contributed by atoms with Gasteiger partial charge in [-0.15, -0.1) is 0 Å². The van der Waals surface area contributed by atoms with E-state index in [1.54, 1.807) is 36.4 Å². The summed E-state index contributed by atoms with van der Waals surface area (Å²) in [5.41, 5.74) is 7.69. The molecule has 0 amide bonds. The standard InChI is InChI=1S/C23H15Cl2FN2O3/c24-17-7-13(8-18(25)22(17)30-11-12-3-1-2-4-19(12)26)21-15-6-5-14(29)9-20(15)31-23(28)16(21)10-27/h1-9,21,29H,11,28H2/t21-/m0/s1. The third-order valence-electron chi connectivity index (χ3n) is 4.89. The van der Waals surface area contributed by atoms with Gasteiger partial charge in [-0.3, -0.25) is 0 Å². The average molecular weight is 457 g/mol. The molecule has 1 heterocycles. The number of rotatable bonds is 4. The molecule has 0 aromatic heterocycles. The van der Waals surface area contributed by atoms with Crippen molar-refractivity contribution < 1.29 is 19.0 Å². The number of benzene rings is 3. The average Bonchev–Trinajstić information content (AvgIpc) is 2.73. The summed E-state index contributed by atoms with van der Waals surface area (Å²) in [4.78, 5) is 0. The van der Waals surface area contributed by atoms with E-state index in [4.69, 9.17) is 38.4 Å². The van der Waals surface area contributed by atoms with Crippen LogP contribution in [0.1, 0.15) is 22.6 Å². The third kappa shape index (κ3) is 3.98. The number of aromatic hydroxyl groups is 1. The molecule has 1 aliphatic rings. The van der Waals surface area contributed by atoms with Crippen molar-refractivity contribution in [2.45, 2.75) is 12.5 Å². The number of nitrogens with zero attached hydrogens (tertiary/aromatic N) is 1. The van der Waals surface area contributed by atoms with Crippen LogP contribution in [0.4, 0.5) is 4.39 Å².